The van der Waals surface area contributed by atoms with Gasteiger partial charge >= 0.3 is 6.01 Å². The molecular formula is C30H36N8O. The second-order valence-electron chi connectivity index (χ2n) is 11.0. The van der Waals surface area contributed by atoms with Crippen molar-refractivity contribution in [3.05, 3.63) is 70.9 Å². The van der Waals surface area contributed by atoms with E-state index in [2.05, 4.69) is 87.0 Å². The Balaban J connectivity index is 1.20. The smallest absolute Gasteiger partial charge is 0.318 e. The summed E-state index contributed by atoms with van der Waals surface area (Å²) < 4.78 is 10.3. The molecule has 5 aromatic rings. The molecule has 1 fully saturated rings. The Kier molecular flexibility index (Phi) is 6.46. The first kappa shape index (κ1) is 25.3. The van der Waals surface area contributed by atoms with Crippen molar-refractivity contribution >= 4 is 11.7 Å². The molecule has 0 radical (unpaired) electrons. The number of pyridine rings is 1. The number of aryl methyl sites for hydroxylation is 3. The summed E-state index contributed by atoms with van der Waals surface area (Å²) in [5, 5.41) is 13.3. The van der Waals surface area contributed by atoms with Gasteiger partial charge in [0.15, 0.2) is 0 Å². The molecule has 1 aromatic carbocycles. The number of hydrogen-bond donors (Lipinski definition) is 0. The average molecular weight is 525 g/mol. The van der Waals surface area contributed by atoms with E-state index in [-0.39, 0.29) is 0 Å². The third-order valence-electron chi connectivity index (χ3n) is 8.15. The minimum Gasteiger partial charge on any atom is -0.403 e. The molecular weight excluding hydrogens is 488 g/mol. The van der Waals surface area contributed by atoms with E-state index in [9.17, 15) is 0 Å². The number of anilines is 1. The van der Waals surface area contributed by atoms with Crippen molar-refractivity contribution < 1.29 is 4.42 Å². The third kappa shape index (κ3) is 4.71. The quantitative estimate of drug-likeness (QED) is 0.304. The van der Waals surface area contributed by atoms with Gasteiger partial charge in [-0.05, 0) is 82.6 Å². The largest absolute Gasteiger partial charge is 0.403 e. The van der Waals surface area contributed by atoms with Gasteiger partial charge in [0.1, 0.15) is 5.65 Å². The van der Waals surface area contributed by atoms with Crippen LogP contribution in [-0.2, 0) is 13.6 Å². The number of rotatable bonds is 6. The predicted molar refractivity (Wildman–Crippen MR) is 153 cm³/mol. The Labute approximate surface area is 229 Å². The molecule has 0 bridgehead atoms. The van der Waals surface area contributed by atoms with Crippen molar-refractivity contribution in [3.8, 4) is 22.6 Å². The molecule has 6 rings (SSSR count). The van der Waals surface area contributed by atoms with Gasteiger partial charge in [-0.3, -0.25) is 4.68 Å². The van der Waals surface area contributed by atoms with E-state index < -0.39 is 0 Å². The second-order valence-corrected chi connectivity index (χ2v) is 11.0. The molecule has 9 nitrogen and oxygen atoms in total. The highest BCUT2D eigenvalue weighted by molar-refractivity contribution is 5.73. The molecule has 0 atom stereocenters. The molecule has 39 heavy (non-hydrogen) atoms. The standard InChI is InChI=1S/C30H36N8O/c1-19-15-24(28-20(2)34-37(6)21(28)3)8-9-25(19)29-32-33-30(39-29)36(5)17-22-7-10-27-31-16-26(38(27)18-22)23-11-13-35(4)14-12-23/h7-10,15-16,18,23H,11-14,17H2,1-6H3. The van der Waals surface area contributed by atoms with Crippen molar-refractivity contribution in [2.75, 3.05) is 32.1 Å². The van der Waals surface area contributed by atoms with E-state index in [0.717, 1.165) is 46.8 Å². The van der Waals surface area contributed by atoms with Crippen molar-refractivity contribution in [3.63, 3.8) is 0 Å². The normalized spacial score (nSPS) is 14.9. The summed E-state index contributed by atoms with van der Waals surface area (Å²) in [4.78, 5) is 9.06. The zero-order valence-corrected chi connectivity index (χ0v) is 23.6. The summed E-state index contributed by atoms with van der Waals surface area (Å²) in [6.07, 6.45) is 6.59. The SMILES string of the molecule is Cc1cc(-c2c(C)nn(C)c2C)ccc1-c1nnc(N(C)Cc2ccc3ncc(C4CCN(C)CC4)n3c2)o1. The van der Waals surface area contributed by atoms with Gasteiger partial charge in [0.2, 0.25) is 5.89 Å². The Morgan fingerprint density at radius 2 is 1.82 bits per heavy atom. The monoisotopic (exact) mass is 524 g/mol. The number of hydrogen-bond acceptors (Lipinski definition) is 7. The van der Waals surface area contributed by atoms with Crippen LogP contribution in [0.15, 0.2) is 47.1 Å². The van der Waals surface area contributed by atoms with Gasteiger partial charge < -0.3 is 18.6 Å². The molecule has 1 saturated heterocycles. The van der Waals surface area contributed by atoms with Crippen LogP contribution in [0.1, 0.15) is 47.0 Å². The lowest BCUT2D eigenvalue weighted by Gasteiger charge is -2.28. The van der Waals surface area contributed by atoms with Crippen LogP contribution < -0.4 is 4.90 Å². The highest BCUT2D eigenvalue weighted by atomic mass is 16.4. The first-order valence-electron chi connectivity index (χ1n) is 13.6. The lowest BCUT2D eigenvalue weighted by molar-refractivity contribution is 0.253. The van der Waals surface area contributed by atoms with E-state index in [0.29, 0.717) is 24.4 Å². The summed E-state index contributed by atoms with van der Waals surface area (Å²) >= 11 is 0. The molecule has 1 aliphatic rings. The lowest BCUT2D eigenvalue weighted by atomic mass is 9.94. The van der Waals surface area contributed by atoms with Crippen LogP contribution in [0.25, 0.3) is 28.2 Å². The molecule has 0 saturated carbocycles. The number of aromatic nitrogens is 6. The lowest BCUT2D eigenvalue weighted by Crippen LogP contribution is -2.29. The van der Waals surface area contributed by atoms with Crippen molar-refractivity contribution in [1.29, 1.82) is 0 Å². The van der Waals surface area contributed by atoms with Crippen LogP contribution in [0.5, 0.6) is 0 Å². The number of piperidine rings is 1. The molecule has 0 amide bonds. The van der Waals surface area contributed by atoms with Crippen LogP contribution in [0.4, 0.5) is 6.01 Å². The van der Waals surface area contributed by atoms with Crippen LogP contribution in [0.2, 0.25) is 0 Å². The Morgan fingerprint density at radius 3 is 2.54 bits per heavy atom. The van der Waals surface area contributed by atoms with Gasteiger partial charge in [-0.2, -0.15) is 5.10 Å². The highest BCUT2D eigenvalue weighted by Crippen LogP contribution is 2.32. The fourth-order valence-electron chi connectivity index (χ4n) is 5.81. The molecule has 0 unspecified atom stereocenters. The number of likely N-dealkylation sites (tertiary alicyclic amines) is 1. The Hall–Kier alpha value is -3.98. The molecule has 9 heteroatoms. The van der Waals surface area contributed by atoms with Gasteiger partial charge in [0.25, 0.3) is 0 Å². The van der Waals surface area contributed by atoms with E-state index in [1.54, 1.807) is 0 Å². The van der Waals surface area contributed by atoms with E-state index in [1.165, 1.54) is 29.7 Å². The van der Waals surface area contributed by atoms with Gasteiger partial charge in [-0.1, -0.05) is 23.3 Å². The van der Waals surface area contributed by atoms with Gasteiger partial charge in [-0.25, -0.2) is 4.98 Å². The van der Waals surface area contributed by atoms with Gasteiger partial charge in [-0.15, -0.1) is 5.10 Å². The molecule has 202 valence electrons. The molecule has 0 N–H and O–H groups in total. The number of benzene rings is 1. The van der Waals surface area contributed by atoms with Crippen molar-refractivity contribution in [1.82, 2.24) is 34.3 Å². The third-order valence-corrected chi connectivity index (χ3v) is 8.15. The maximum atomic E-state index is 6.15. The molecule has 0 aliphatic carbocycles. The minimum absolute atomic E-state index is 0.494. The Bertz CT molecular complexity index is 1640. The van der Waals surface area contributed by atoms with Crippen LogP contribution in [0, 0.1) is 20.8 Å². The molecule has 5 heterocycles. The van der Waals surface area contributed by atoms with E-state index in [4.69, 9.17) is 4.42 Å². The Morgan fingerprint density at radius 1 is 1.03 bits per heavy atom. The highest BCUT2D eigenvalue weighted by Gasteiger charge is 2.22. The summed E-state index contributed by atoms with van der Waals surface area (Å²) in [5.74, 6) is 1.07. The fraction of sp³-hybridized carbons (Fsp3) is 0.400. The van der Waals surface area contributed by atoms with Crippen molar-refractivity contribution in [2.45, 2.75) is 46.1 Å². The zero-order chi connectivity index (χ0) is 27.3. The number of imidazole rings is 1. The molecule has 4 aromatic heterocycles. The summed E-state index contributed by atoms with van der Waals surface area (Å²) in [6.45, 7) is 9.13. The van der Waals surface area contributed by atoms with E-state index >= 15 is 0 Å². The van der Waals surface area contributed by atoms with Gasteiger partial charge in [0, 0.05) is 61.5 Å². The second kappa shape index (κ2) is 9.96. The molecule has 1 aliphatic heterocycles. The summed E-state index contributed by atoms with van der Waals surface area (Å²) in [6, 6.07) is 11.0. The minimum atomic E-state index is 0.494. The van der Waals surface area contributed by atoms with Crippen LogP contribution in [0.3, 0.4) is 0 Å². The number of fused-ring (bicyclic) bond motifs is 1. The summed E-state index contributed by atoms with van der Waals surface area (Å²) in [7, 11) is 6.16. The van der Waals surface area contributed by atoms with Crippen LogP contribution >= 0.6 is 0 Å². The van der Waals surface area contributed by atoms with Crippen molar-refractivity contribution in [2.24, 2.45) is 7.05 Å². The average Bonchev–Trinajstić information content (AvgIpc) is 3.62. The van der Waals surface area contributed by atoms with E-state index in [1.807, 2.05) is 36.8 Å². The maximum Gasteiger partial charge on any atom is 0.318 e. The first-order chi connectivity index (χ1) is 18.8. The fourth-order valence-corrected chi connectivity index (χ4v) is 5.81. The predicted octanol–water partition coefficient (Wildman–Crippen LogP) is 5.16. The number of nitrogens with zero attached hydrogens (tertiary/aromatic N) is 8. The first-order valence-corrected chi connectivity index (χ1v) is 13.6. The van der Waals surface area contributed by atoms with Gasteiger partial charge in [0.05, 0.1) is 5.69 Å². The molecule has 0 spiro atoms. The summed E-state index contributed by atoms with van der Waals surface area (Å²) in [5.41, 5.74) is 9.97. The zero-order valence-electron chi connectivity index (χ0n) is 23.6. The maximum absolute atomic E-state index is 6.15. The van der Waals surface area contributed by atoms with Crippen LogP contribution in [-0.4, -0.2) is 61.4 Å². The topological polar surface area (TPSA) is 80.5 Å².